The molecule has 0 aliphatic carbocycles. The van der Waals surface area contributed by atoms with Gasteiger partial charge in [0.15, 0.2) is 0 Å². The Labute approximate surface area is 137 Å². The third-order valence-electron chi connectivity index (χ3n) is 3.57. The number of carbonyl (C=O) groups excluding carboxylic acids is 1. The first kappa shape index (κ1) is 15.0. The maximum Gasteiger partial charge on any atom is 0.254 e. The number of amides is 1. The van der Waals surface area contributed by atoms with Crippen LogP contribution in [-0.2, 0) is 0 Å². The molecule has 6 heteroatoms. The van der Waals surface area contributed by atoms with Crippen molar-refractivity contribution in [1.29, 1.82) is 0 Å². The lowest BCUT2D eigenvalue weighted by atomic mass is 10.1. The number of aromatic nitrogens is 2. The fraction of sp³-hybridized carbons (Fsp3) is 0.312. The fourth-order valence-electron chi connectivity index (χ4n) is 2.54. The molecule has 0 N–H and O–H groups in total. The first-order valence-electron chi connectivity index (χ1n) is 7.21. The third kappa shape index (κ3) is 3.62. The van der Waals surface area contributed by atoms with Crippen LogP contribution in [0.15, 0.2) is 47.1 Å². The maximum absolute atomic E-state index is 12.6. The molecular weight excluding hydrogens is 346 g/mol. The smallest absolute Gasteiger partial charge is 0.254 e. The number of likely N-dealkylation sites (tertiary alicyclic amines) is 1. The highest BCUT2D eigenvalue weighted by Crippen LogP contribution is 2.19. The molecule has 1 aliphatic heterocycles. The molecule has 1 aromatic carbocycles. The summed E-state index contributed by atoms with van der Waals surface area (Å²) in [5.74, 6) is 0.540. The number of carbonyl (C=O) groups is 1. The standard InChI is InChI=1S/C16H16BrN3O2/c17-13-5-1-4-12(10-13)16(21)20-9-3-6-14(11-20)22-15-7-2-8-18-19-15/h1-2,4-5,7-8,10,14H,3,6,9,11H2. The van der Waals surface area contributed by atoms with Gasteiger partial charge in [0, 0.05) is 28.8 Å². The Kier molecular flexibility index (Phi) is 4.68. The molecule has 1 aliphatic rings. The highest BCUT2D eigenvalue weighted by molar-refractivity contribution is 9.10. The number of hydrogen-bond acceptors (Lipinski definition) is 4. The van der Waals surface area contributed by atoms with Gasteiger partial charge in [-0.2, -0.15) is 5.10 Å². The summed E-state index contributed by atoms with van der Waals surface area (Å²) in [5, 5.41) is 7.73. The van der Waals surface area contributed by atoms with Gasteiger partial charge in [-0.25, -0.2) is 0 Å². The molecule has 2 aromatic rings. The van der Waals surface area contributed by atoms with E-state index in [1.54, 1.807) is 18.3 Å². The van der Waals surface area contributed by atoms with Gasteiger partial charge in [-0.1, -0.05) is 22.0 Å². The van der Waals surface area contributed by atoms with Gasteiger partial charge < -0.3 is 9.64 Å². The van der Waals surface area contributed by atoms with E-state index in [0.717, 1.165) is 23.9 Å². The number of ether oxygens (including phenoxy) is 1. The molecule has 1 unspecified atom stereocenters. The van der Waals surface area contributed by atoms with Crippen molar-refractivity contribution in [2.75, 3.05) is 13.1 Å². The van der Waals surface area contributed by atoms with Crippen LogP contribution in [0.4, 0.5) is 0 Å². The van der Waals surface area contributed by atoms with E-state index in [-0.39, 0.29) is 12.0 Å². The second-order valence-electron chi connectivity index (χ2n) is 5.21. The molecule has 0 saturated carbocycles. The second-order valence-corrected chi connectivity index (χ2v) is 6.12. The van der Waals surface area contributed by atoms with Crippen LogP contribution in [0.5, 0.6) is 5.88 Å². The Hall–Kier alpha value is -1.95. The van der Waals surface area contributed by atoms with E-state index in [1.165, 1.54) is 0 Å². The molecule has 3 rings (SSSR count). The lowest BCUT2D eigenvalue weighted by Crippen LogP contribution is -2.44. The number of hydrogen-bond donors (Lipinski definition) is 0. The summed E-state index contributed by atoms with van der Waals surface area (Å²) in [6, 6.07) is 11.0. The maximum atomic E-state index is 12.6. The van der Waals surface area contributed by atoms with Crippen LogP contribution in [-0.4, -0.2) is 40.2 Å². The Morgan fingerprint density at radius 3 is 3.00 bits per heavy atom. The molecule has 114 valence electrons. The lowest BCUT2D eigenvalue weighted by Gasteiger charge is -2.32. The molecule has 22 heavy (non-hydrogen) atoms. The molecule has 1 fully saturated rings. The summed E-state index contributed by atoms with van der Waals surface area (Å²) in [4.78, 5) is 14.4. The third-order valence-corrected chi connectivity index (χ3v) is 4.07. The van der Waals surface area contributed by atoms with Crippen LogP contribution < -0.4 is 4.74 Å². The monoisotopic (exact) mass is 361 g/mol. The van der Waals surface area contributed by atoms with E-state index in [2.05, 4.69) is 26.1 Å². The van der Waals surface area contributed by atoms with Gasteiger partial charge >= 0.3 is 0 Å². The predicted octanol–water partition coefficient (Wildman–Crippen LogP) is 2.92. The highest BCUT2D eigenvalue weighted by atomic mass is 79.9. The number of piperidine rings is 1. The minimum atomic E-state index is -0.0402. The van der Waals surface area contributed by atoms with Crippen molar-refractivity contribution >= 4 is 21.8 Å². The van der Waals surface area contributed by atoms with Gasteiger partial charge in [-0.05, 0) is 37.1 Å². The van der Waals surface area contributed by atoms with Crippen molar-refractivity contribution in [1.82, 2.24) is 15.1 Å². The minimum absolute atomic E-state index is 0.0359. The number of nitrogens with zero attached hydrogens (tertiary/aromatic N) is 3. The van der Waals surface area contributed by atoms with Crippen LogP contribution in [0.3, 0.4) is 0 Å². The van der Waals surface area contributed by atoms with E-state index in [4.69, 9.17) is 4.74 Å². The zero-order valence-corrected chi connectivity index (χ0v) is 13.6. The SMILES string of the molecule is O=C(c1cccc(Br)c1)N1CCCC(Oc2cccnn2)C1. The highest BCUT2D eigenvalue weighted by Gasteiger charge is 2.26. The first-order valence-corrected chi connectivity index (χ1v) is 8.01. The zero-order chi connectivity index (χ0) is 15.4. The zero-order valence-electron chi connectivity index (χ0n) is 12.0. The summed E-state index contributed by atoms with van der Waals surface area (Å²) < 4.78 is 6.72. The Morgan fingerprint density at radius 2 is 2.23 bits per heavy atom. The average Bonchev–Trinajstić information content (AvgIpc) is 2.55. The normalized spacial score (nSPS) is 18.0. The largest absolute Gasteiger partial charge is 0.471 e. The van der Waals surface area contributed by atoms with Gasteiger partial charge in [-0.3, -0.25) is 4.79 Å². The molecule has 1 atom stereocenters. The van der Waals surface area contributed by atoms with E-state index in [0.29, 0.717) is 18.0 Å². The van der Waals surface area contributed by atoms with Gasteiger partial charge in [0.25, 0.3) is 5.91 Å². The number of halogens is 1. The Morgan fingerprint density at radius 1 is 1.32 bits per heavy atom. The molecule has 1 aromatic heterocycles. The number of rotatable bonds is 3. The summed E-state index contributed by atoms with van der Waals surface area (Å²) in [5.41, 5.74) is 0.689. The van der Waals surface area contributed by atoms with Gasteiger partial charge in [-0.15, -0.1) is 5.10 Å². The summed E-state index contributed by atoms with van der Waals surface area (Å²) >= 11 is 3.40. The summed E-state index contributed by atoms with van der Waals surface area (Å²) in [6.07, 6.45) is 3.40. The topological polar surface area (TPSA) is 55.3 Å². The van der Waals surface area contributed by atoms with E-state index in [1.807, 2.05) is 29.2 Å². The van der Waals surface area contributed by atoms with Crippen molar-refractivity contribution < 1.29 is 9.53 Å². The van der Waals surface area contributed by atoms with Crippen LogP contribution in [0.1, 0.15) is 23.2 Å². The molecule has 5 nitrogen and oxygen atoms in total. The van der Waals surface area contributed by atoms with Crippen molar-refractivity contribution in [2.45, 2.75) is 18.9 Å². The average molecular weight is 362 g/mol. The van der Waals surface area contributed by atoms with Crippen molar-refractivity contribution in [3.05, 3.63) is 52.6 Å². The summed E-state index contributed by atoms with van der Waals surface area (Å²) in [6.45, 7) is 1.33. The quantitative estimate of drug-likeness (QED) is 0.843. The molecule has 0 radical (unpaired) electrons. The van der Waals surface area contributed by atoms with Gasteiger partial charge in [0.2, 0.25) is 5.88 Å². The molecule has 0 bridgehead atoms. The van der Waals surface area contributed by atoms with E-state index in [9.17, 15) is 4.79 Å². The van der Waals surface area contributed by atoms with E-state index < -0.39 is 0 Å². The van der Waals surface area contributed by atoms with Crippen LogP contribution >= 0.6 is 15.9 Å². The fourth-order valence-corrected chi connectivity index (χ4v) is 2.94. The van der Waals surface area contributed by atoms with Crippen molar-refractivity contribution in [3.63, 3.8) is 0 Å². The molecule has 1 amide bonds. The molecule has 1 saturated heterocycles. The molecule has 2 heterocycles. The Bertz CT molecular complexity index is 651. The predicted molar refractivity (Wildman–Crippen MR) is 85.7 cm³/mol. The van der Waals surface area contributed by atoms with Crippen molar-refractivity contribution in [2.24, 2.45) is 0 Å². The Balaban J connectivity index is 1.66. The van der Waals surface area contributed by atoms with Crippen LogP contribution in [0.2, 0.25) is 0 Å². The van der Waals surface area contributed by atoms with Crippen LogP contribution in [0, 0.1) is 0 Å². The van der Waals surface area contributed by atoms with Gasteiger partial charge in [0.05, 0.1) is 6.54 Å². The van der Waals surface area contributed by atoms with Gasteiger partial charge in [0.1, 0.15) is 6.10 Å². The second kappa shape index (κ2) is 6.87. The first-order chi connectivity index (χ1) is 10.7. The molecular formula is C16H16BrN3O2. The summed E-state index contributed by atoms with van der Waals surface area (Å²) in [7, 11) is 0. The van der Waals surface area contributed by atoms with Crippen molar-refractivity contribution in [3.8, 4) is 5.88 Å². The number of benzene rings is 1. The van der Waals surface area contributed by atoms with E-state index >= 15 is 0 Å². The lowest BCUT2D eigenvalue weighted by molar-refractivity contribution is 0.0525. The minimum Gasteiger partial charge on any atom is -0.471 e. The molecule has 0 spiro atoms. The van der Waals surface area contributed by atoms with Crippen LogP contribution in [0.25, 0.3) is 0 Å².